The monoisotopic (exact) mass is 265 g/mol. The molecule has 4 heteroatoms. The summed E-state index contributed by atoms with van der Waals surface area (Å²) in [5, 5.41) is 12.5. The van der Waals surface area contributed by atoms with E-state index in [1.807, 2.05) is 6.20 Å². The van der Waals surface area contributed by atoms with E-state index in [1.165, 1.54) is 11.1 Å². The van der Waals surface area contributed by atoms with Crippen LogP contribution in [0.1, 0.15) is 37.8 Å². The Morgan fingerprint density at radius 2 is 2.05 bits per heavy atom. The van der Waals surface area contributed by atoms with Crippen LogP contribution in [-0.4, -0.2) is 36.3 Å². The lowest BCUT2D eigenvalue weighted by atomic mass is 10.2. The van der Waals surface area contributed by atoms with Crippen molar-refractivity contribution in [3.05, 3.63) is 23.4 Å². The van der Waals surface area contributed by atoms with E-state index in [4.69, 9.17) is 5.11 Å². The maximum Gasteiger partial charge on any atom is 0.131 e. The second kappa shape index (κ2) is 8.88. The summed E-state index contributed by atoms with van der Waals surface area (Å²) in [6, 6.07) is 2.19. The van der Waals surface area contributed by atoms with E-state index in [0.29, 0.717) is 6.54 Å². The normalized spacial score (nSPS) is 10.7. The maximum atomic E-state index is 9.13. The number of rotatable bonds is 9. The first kappa shape index (κ1) is 15.9. The number of anilines is 1. The molecule has 0 aliphatic rings. The van der Waals surface area contributed by atoms with E-state index in [1.54, 1.807) is 0 Å². The molecule has 0 unspecified atom stereocenters. The minimum Gasteiger partial charge on any atom is -0.395 e. The fourth-order valence-electron chi connectivity index (χ4n) is 2.18. The lowest BCUT2D eigenvalue weighted by molar-refractivity contribution is 0.301. The van der Waals surface area contributed by atoms with Gasteiger partial charge in [0.1, 0.15) is 5.82 Å². The quantitative estimate of drug-likeness (QED) is 0.671. The van der Waals surface area contributed by atoms with Crippen LogP contribution in [0.5, 0.6) is 0 Å². The molecule has 0 saturated carbocycles. The highest BCUT2D eigenvalue weighted by Gasteiger charge is 2.10. The van der Waals surface area contributed by atoms with E-state index in [9.17, 15) is 0 Å². The van der Waals surface area contributed by atoms with Gasteiger partial charge in [-0.05, 0) is 43.5 Å². The summed E-state index contributed by atoms with van der Waals surface area (Å²) in [6.45, 7) is 10.0. The average Bonchev–Trinajstić information content (AvgIpc) is 2.39. The molecule has 1 aromatic heterocycles. The SMILES string of the molecule is CCCNCc1cnc(N(CCC)CCO)c(C)c1. The smallest absolute Gasteiger partial charge is 0.131 e. The number of pyridine rings is 1. The van der Waals surface area contributed by atoms with Crippen molar-refractivity contribution in [2.45, 2.75) is 40.2 Å². The van der Waals surface area contributed by atoms with Gasteiger partial charge in [0, 0.05) is 25.8 Å². The van der Waals surface area contributed by atoms with Crippen LogP contribution in [0.2, 0.25) is 0 Å². The van der Waals surface area contributed by atoms with Crippen molar-refractivity contribution in [2.24, 2.45) is 0 Å². The Hall–Kier alpha value is -1.13. The highest BCUT2D eigenvalue weighted by atomic mass is 16.3. The fourth-order valence-corrected chi connectivity index (χ4v) is 2.18. The highest BCUT2D eigenvalue weighted by molar-refractivity contribution is 5.47. The molecule has 2 N–H and O–H groups in total. The number of hydrogen-bond donors (Lipinski definition) is 2. The standard InChI is InChI=1S/C15H27N3O/c1-4-6-16-11-14-10-13(3)15(17-12-14)18(7-5-2)8-9-19/h10,12,16,19H,4-9,11H2,1-3H3. The third-order valence-corrected chi connectivity index (χ3v) is 3.03. The topological polar surface area (TPSA) is 48.4 Å². The predicted octanol–water partition coefficient (Wildman–Crippen LogP) is 2.10. The number of aromatic nitrogens is 1. The van der Waals surface area contributed by atoms with Gasteiger partial charge >= 0.3 is 0 Å². The predicted molar refractivity (Wildman–Crippen MR) is 80.6 cm³/mol. The highest BCUT2D eigenvalue weighted by Crippen LogP contribution is 2.18. The fraction of sp³-hybridized carbons (Fsp3) is 0.667. The first-order chi connectivity index (χ1) is 9.22. The van der Waals surface area contributed by atoms with E-state index < -0.39 is 0 Å². The third-order valence-electron chi connectivity index (χ3n) is 3.03. The van der Waals surface area contributed by atoms with E-state index in [-0.39, 0.29) is 6.61 Å². The van der Waals surface area contributed by atoms with Gasteiger partial charge in [0.15, 0.2) is 0 Å². The summed E-state index contributed by atoms with van der Waals surface area (Å²) in [5.41, 5.74) is 2.40. The molecular weight excluding hydrogens is 238 g/mol. The lowest BCUT2D eigenvalue weighted by Gasteiger charge is -2.24. The Kier molecular flexibility index (Phi) is 7.45. The molecule has 0 saturated heterocycles. The molecule has 0 aliphatic heterocycles. The number of hydrogen-bond acceptors (Lipinski definition) is 4. The van der Waals surface area contributed by atoms with Crippen LogP contribution in [0.25, 0.3) is 0 Å². The molecular formula is C15H27N3O. The number of nitrogens with zero attached hydrogens (tertiary/aromatic N) is 2. The van der Waals surface area contributed by atoms with Crippen LogP contribution in [-0.2, 0) is 6.54 Å². The van der Waals surface area contributed by atoms with Crippen molar-refractivity contribution >= 4 is 5.82 Å². The van der Waals surface area contributed by atoms with E-state index in [2.05, 4.69) is 42.0 Å². The molecule has 0 aromatic carbocycles. The Morgan fingerprint density at radius 1 is 1.26 bits per heavy atom. The van der Waals surface area contributed by atoms with Crippen molar-refractivity contribution in [1.29, 1.82) is 0 Å². The molecule has 1 heterocycles. The summed E-state index contributed by atoms with van der Waals surface area (Å²) in [4.78, 5) is 6.72. The van der Waals surface area contributed by atoms with Gasteiger partial charge in [-0.15, -0.1) is 0 Å². The molecule has 0 fully saturated rings. The zero-order valence-corrected chi connectivity index (χ0v) is 12.4. The summed E-state index contributed by atoms with van der Waals surface area (Å²) >= 11 is 0. The average molecular weight is 265 g/mol. The second-order valence-corrected chi connectivity index (χ2v) is 4.87. The van der Waals surface area contributed by atoms with Crippen LogP contribution >= 0.6 is 0 Å². The molecule has 19 heavy (non-hydrogen) atoms. The van der Waals surface area contributed by atoms with Crippen molar-refractivity contribution in [2.75, 3.05) is 31.1 Å². The van der Waals surface area contributed by atoms with Gasteiger partial charge in [-0.1, -0.05) is 13.8 Å². The van der Waals surface area contributed by atoms with Crippen molar-refractivity contribution < 1.29 is 5.11 Å². The summed E-state index contributed by atoms with van der Waals surface area (Å²) < 4.78 is 0. The van der Waals surface area contributed by atoms with Crippen LogP contribution in [0, 0.1) is 6.92 Å². The molecule has 0 atom stereocenters. The maximum absolute atomic E-state index is 9.13. The molecule has 0 bridgehead atoms. The number of aryl methyl sites for hydroxylation is 1. The molecule has 0 radical (unpaired) electrons. The van der Waals surface area contributed by atoms with E-state index in [0.717, 1.165) is 38.3 Å². The number of nitrogens with one attached hydrogen (secondary N) is 1. The second-order valence-electron chi connectivity index (χ2n) is 4.87. The summed E-state index contributed by atoms with van der Waals surface area (Å²) in [5.74, 6) is 0.996. The Morgan fingerprint density at radius 3 is 2.63 bits per heavy atom. The molecule has 0 aliphatic carbocycles. The van der Waals surface area contributed by atoms with Gasteiger partial charge in [-0.2, -0.15) is 0 Å². The molecule has 1 aromatic rings. The molecule has 108 valence electrons. The zero-order chi connectivity index (χ0) is 14.1. The minimum atomic E-state index is 0.168. The van der Waals surface area contributed by atoms with Gasteiger partial charge in [0.05, 0.1) is 6.61 Å². The van der Waals surface area contributed by atoms with Gasteiger partial charge < -0.3 is 15.3 Å². The third kappa shape index (κ3) is 5.17. The summed E-state index contributed by atoms with van der Waals surface area (Å²) in [6.07, 6.45) is 4.14. The number of aliphatic hydroxyl groups is 1. The summed E-state index contributed by atoms with van der Waals surface area (Å²) in [7, 11) is 0. The van der Waals surface area contributed by atoms with Crippen LogP contribution in [0.3, 0.4) is 0 Å². The Bertz CT molecular complexity index is 362. The zero-order valence-electron chi connectivity index (χ0n) is 12.4. The number of aliphatic hydroxyl groups excluding tert-OH is 1. The van der Waals surface area contributed by atoms with Gasteiger partial charge in [0.25, 0.3) is 0 Å². The minimum absolute atomic E-state index is 0.168. The molecule has 0 amide bonds. The van der Waals surface area contributed by atoms with Gasteiger partial charge in [-0.25, -0.2) is 4.98 Å². The van der Waals surface area contributed by atoms with Crippen molar-refractivity contribution in [3.8, 4) is 0 Å². The van der Waals surface area contributed by atoms with Gasteiger partial charge in [0.2, 0.25) is 0 Å². The lowest BCUT2D eigenvalue weighted by Crippen LogP contribution is -2.29. The Balaban J connectivity index is 2.73. The van der Waals surface area contributed by atoms with Crippen LogP contribution in [0.4, 0.5) is 5.82 Å². The molecule has 0 spiro atoms. The molecule has 1 rings (SSSR count). The van der Waals surface area contributed by atoms with Crippen LogP contribution < -0.4 is 10.2 Å². The first-order valence-electron chi connectivity index (χ1n) is 7.24. The van der Waals surface area contributed by atoms with Crippen LogP contribution in [0.15, 0.2) is 12.3 Å². The van der Waals surface area contributed by atoms with Crippen molar-refractivity contribution in [1.82, 2.24) is 10.3 Å². The largest absolute Gasteiger partial charge is 0.395 e. The van der Waals surface area contributed by atoms with Gasteiger partial charge in [-0.3, -0.25) is 0 Å². The molecule has 4 nitrogen and oxygen atoms in total. The Labute approximate surface area is 116 Å². The van der Waals surface area contributed by atoms with Crippen molar-refractivity contribution in [3.63, 3.8) is 0 Å². The van der Waals surface area contributed by atoms with E-state index >= 15 is 0 Å². The first-order valence-corrected chi connectivity index (χ1v) is 7.24.